The van der Waals surface area contributed by atoms with Gasteiger partial charge in [0.05, 0.1) is 6.42 Å². The molecule has 0 spiro atoms. The van der Waals surface area contributed by atoms with Crippen LogP contribution >= 0.6 is 0 Å². The van der Waals surface area contributed by atoms with Crippen LogP contribution in [0.4, 0.5) is 18.9 Å². The number of carbonyl (C=O) groups is 2. The topological polar surface area (TPSA) is 75.6 Å². The molecule has 0 aliphatic rings. The van der Waals surface area contributed by atoms with Crippen molar-refractivity contribution in [1.29, 1.82) is 0 Å². The Morgan fingerprint density at radius 1 is 1.30 bits per heavy atom. The lowest BCUT2D eigenvalue weighted by atomic mass is 10.1. The Hall–Kier alpha value is -2.09. The van der Waals surface area contributed by atoms with Gasteiger partial charge in [0, 0.05) is 5.69 Å². The number of carboxylic acids is 1. The van der Waals surface area contributed by atoms with E-state index in [1.807, 2.05) is 0 Å². The highest BCUT2D eigenvalue weighted by molar-refractivity contribution is 5.91. The molecule has 0 aliphatic heterocycles. The summed E-state index contributed by atoms with van der Waals surface area (Å²) in [6.45, 7) is -2.23. The summed E-state index contributed by atoms with van der Waals surface area (Å²) in [4.78, 5) is 21.8. The molecule has 0 saturated carbocycles. The normalized spacial score (nSPS) is 11.2. The SMILES string of the molecule is O=C(O)Cc1cccc(NC(=O)COCC(F)(F)F)c1. The molecule has 1 aromatic carbocycles. The Morgan fingerprint density at radius 2 is 2.00 bits per heavy atom. The number of aliphatic carboxylic acids is 1. The van der Waals surface area contributed by atoms with E-state index >= 15 is 0 Å². The van der Waals surface area contributed by atoms with E-state index in [1.54, 1.807) is 6.07 Å². The maximum absolute atomic E-state index is 11.8. The fourth-order valence-electron chi connectivity index (χ4n) is 1.39. The molecule has 0 radical (unpaired) electrons. The van der Waals surface area contributed by atoms with Gasteiger partial charge in [0.25, 0.3) is 0 Å². The zero-order valence-corrected chi connectivity index (χ0v) is 10.2. The monoisotopic (exact) mass is 291 g/mol. The summed E-state index contributed by atoms with van der Waals surface area (Å²) in [5.74, 6) is -1.77. The molecule has 2 N–H and O–H groups in total. The van der Waals surface area contributed by atoms with Crippen LogP contribution in [0.25, 0.3) is 0 Å². The maximum Gasteiger partial charge on any atom is 0.411 e. The van der Waals surface area contributed by atoms with Crippen LogP contribution in [-0.2, 0) is 20.7 Å². The minimum absolute atomic E-state index is 0.214. The quantitative estimate of drug-likeness (QED) is 0.838. The minimum atomic E-state index is -4.48. The molecule has 0 aliphatic carbocycles. The van der Waals surface area contributed by atoms with Crippen LogP contribution in [0.2, 0.25) is 0 Å². The molecule has 0 atom stereocenters. The van der Waals surface area contributed by atoms with Crippen molar-refractivity contribution in [2.24, 2.45) is 0 Å². The summed E-state index contributed by atoms with van der Waals surface area (Å²) in [5, 5.41) is 10.9. The van der Waals surface area contributed by atoms with Crippen LogP contribution in [0.3, 0.4) is 0 Å². The number of rotatable bonds is 6. The molecular formula is C12H12F3NO4. The standard InChI is InChI=1S/C12H12F3NO4/c13-12(14,15)7-20-6-10(17)16-9-3-1-2-8(4-9)5-11(18)19/h1-4H,5-7H2,(H,16,17)(H,18,19). The molecule has 0 saturated heterocycles. The van der Waals surface area contributed by atoms with Gasteiger partial charge in [-0.1, -0.05) is 12.1 Å². The second kappa shape index (κ2) is 6.90. The second-order valence-corrected chi connectivity index (χ2v) is 3.93. The Balaban J connectivity index is 2.47. The molecule has 0 aromatic heterocycles. The summed E-state index contributed by atoms with van der Waals surface area (Å²) >= 11 is 0. The first-order valence-electron chi connectivity index (χ1n) is 5.51. The molecule has 1 aromatic rings. The molecule has 5 nitrogen and oxygen atoms in total. The highest BCUT2D eigenvalue weighted by Crippen LogP contribution is 2.14. The van der Waals surface area contributed by atoms with Gasteiger partial charge in [-0.3, -0.25) is 9.59 Å². The minimum Gasteiger partial charge on any atom is -0.481 e. The molecule has 0 fully saturated rings. The number of carboxylic acid groups (broad SMARTS) is 1. The van der Waals surface area contributed by atoms with Crippen LogP contribution in [0.1, 0.15) is 5.56 Å². The molecule has 1 rings (SSSR count). The van der Waals surface area contributed by atoms with E-state index in [0.29, 0.717) is 11.3 Å². The first-order chi connectivity index (χ1) is 9.26. The summed E-state index contributed by atoms with van der Waals surface area (Å²) in [6.07, 6.45) is -4.70. The lowest BCUT2D eigenvalue weighted by Crippen LogP contribution is -2.24. The molecule has 1 amide bonds. The van der Waals surface area contributed by atoms with Crippen molar-refractivity contribution in [2.75, 3.05) is 18.5 Å². The predicted octanol–water partition coefficient (Wildman–Crippen LogP) is 1.83. The Labute approximate surface area is 112 Å². The van der Waals surface area contributed by atoms with E-state index < -0.39 is 31.3 Å². The molecular weight excluding hydrogens is 279 g/mol. The zero-order valence-electron chi connectivity index (χ0n) is 10.2. The number of nitrogens with one attached hydrogen (secondary N) is 1. The largest absolute Gasteiger partial charge is 0.481 e. The second-order valence-electron chi connectivity index (χ2n) is 3.93. The fourth-order valence-corrected chi connectivity index (χ4v) is 1.39. The van der Waals surface area contributed by atoms with Gasteiger partial charge in [-0.05, 0) is 17.7 Å². The third-order valence-corrected chi connectivity index (χ3v) is 2.06. The van der Waals surface area contributed by atoms with Crippen molar-refractivity contribution in [1.82, 2.24) is 0 Å². The van der Waals surface area contributed by atoms with Crippen LogP contribution in [0, 0.1) is 0 Å². The number of hydrogen-bond donors (Lipinski definition) is 2. The van der Waals surface area contributed by atoms with Crippen LogP contribution in [0.5, 0.6) is 0 Å². The fraction of sp³-hybridized carbons (Fsp3) is 0.333. The first kappa shape index (κ1) is 16.0. The molecule has 0 unspecified atom stereocenters. The molecule has 20 heavy (non-hydrogen) atoms. The van der Waals surface area contributed by atoms with E-state index in [0.717, 1.165) is 0 Å². The van der Waals surface area contributed by atoms with E-state index in [2.05, 4.69) is 10.1 Å². The van der Waals surface area contributed by atoms with Gasteiger partial charge < -0.3 is 15.2 Å². The van der Waals surface area contributed by atoms with E-state index in [4.69, 9.17) is 5.11 Å². The summed E-state index contributed by atoms with van der Waals surface area (Å²) in [5.41, 5.74) is 0.760. The van der Waals surface area contributed by atoms with E-state index in [9.17, 15) is 22.8 Å². The van der Waals surface area contributed by atoms with Gasteiger partial charge in [0.1, 0.15) is 13.2 Å². The number of anilines is 1. The first-order valence-corrected chi connectivity index (χ1v) is 5.51. The molecule has 110 valence electrons. The van der Waals surface area contributed by atoms with Gasteiger partial charge in [-0.2, -0.15) is 13.2 Å². The number of hydrogen-bond acceptors (Lipinski definition) is 3. The zero-order chi connectivity index (χ0) is 15.2. The lowest BCUT2D eigenvalue weighted by Gasteiger charge is -2.09. The van der Waals surface area contributed by atoms with Gasteiger partial charge in [-0.15, -0.1) is 0 Å². The number of amides is 1. The lowest BCUT2D eigenvalue weighted by molar-refractivity contribution is -0.174. The Bertz CT molecular complexity index is 488. The van der Waals surface area contributed by atoms with Crippen LogP contribution in [-0.4, -0.2) is 36.4 Å². The molecule has 0 bridgehead atoms. The van der Waals surface area contributed by atoms with Crippen molar-refractivity contribution >= 4 is 17.6 Å². The smallest absolute Gasteiger partial charge is 0.411 e. The van der Waals surface area contributed by atoms with E-state index in [1.165, 1.54) is 18.2 Å². The summed E-state index contributed by atoms with van der Waals surface area (Å²) < 4.78 is 39.6. The molecule has 0 heterocycles. The van der Waals surface area contributed by atoms with Gasteiger partial charge in [0.2, 0.25) is 5.91 Å². The average Bonchev–Trinajstić information content (AvgIpc) is 2.26. The van der Waals surface area contributed by atoms with Crippen molar-refractivity contribution in [3.63, 3.8) is 0 Å². The van der Waals surface area contributed by atoms with Gasteiger partial charge >= 0.3 is 12.1 Å². The van der Waals surface area contributed by atoms with Crippen molar-refractivity contribution in [3.8, 4) is 0 Å². The summed E-state index contributed by atoms with van der Waals surface area (Å²) in [7, 11) is 0. The van der Waals surface area contributed by atoms with Crippen molar-refractivity contribution in [2.45, 2.75) is 12.6 Å². The van der Waals surface area contributed by atoms with E-state index in [-0.39, 0.29) is 6.42 Å². The van der Waals surface area contributed by atoms with Gasteiger partial charge in [0.15, 0.2) is 0 Å². The third-order valence-electron chi connectivity index (χ3n) is 2.06. The Morgan fingerprint density at radius 3 is 2.60 bits per heavy atom. The predicted molar refractivity (Wildman–Crippen MR) is 63.3 cm³/mol. The average molecular weight is 291 g/mol. The van der Waals surface area contributed by atoms with Crippen molar-refractivity contribution in [3.05, 3.63) is 29.8 Å². The Kier molecular flexibility index (Phi) is 5.51. The number of ether oxygens (including phenoxy) is 1. The highest BCUT2D eigenvalue weighted by atomic mass is 19.4. The molecule has 8 heteroatoms. The number of alkyl halides is 3. The maximum atomic E-state index is 11.8. The van der Waals surface area contributed by atoms with Crippen molar-refractivity contribution < 1.29 is 32.6 Å². The van der Waals surface area contributed by atoms with Crippen LogP contribution in [0.15, 0.2) is 24.3 Å². The third kappa shape index (κ3) is 6.74. The van der Waals surface area contributed by atoms with Gasteiger partial charge in [-0.25, -0.2) is 0 Å². The highest BCUT2D eigenvalue weighted by Gasteiger charge is 2.27. The summed E-state index contributed by atoms with van der Waals surface area (Å²) in [6, 6.07) is 6.01. The number of benzene rings is 1. The number of halogens is 3. The van der Waals surface area contributed by atoms with Crippen LogP contribution < -0.4 is 5.32 Å². The number of carbonyl (C=O) groups excluding carboxylic acids is 1.